The molecule has 3 saturated carbocycles. The van der Waals surface area contributed by atoms with Crippen LogP contribution in [0, 0.1) is 17.8 Å². The minimum atomic E-state index is -0.723. The van der Waals surface area contributed by atoms with E-state index in [4.69, 9.17) is 5.11 Å². The van der Waals surface area contributed by atoms with Crippen molar-refractivity contribution in [1.82, 2.24) is 10.3 Å². The molecule has 1 heterocycles. The molecule has 7 heteroatoms. The van der Waals surface area contributed by atoms with Crippen molar-refractivity contribution in [2.45, 2.75) is 63.3 Å². The average Bonchev–Trinajstić information content (AvgIpc) is 3.31. The minimum Gasteiger partial charge on any atom is -0.481 e. The standard InChI is InChI=1S/C18H25N3O3S/c22-16(23)11-3-5-13(6-4-11)19-17(24)21-18-20-15(9-25-18)14-8-10-1-2-12(14)7-10/h9-14H,1-8H2,(H,22,23)(H2,19,20,21,24). The van der Waals surface area contributed by atoms with E-state index in [1.54, 1.807) is 0 Å². The van der Waals surface area contributed by atoms with E-state index in [0.29, 0.717) is 23.9 Å². The van der Waals surface area contributed by atoms with Crippen molar-refractivity contribution in [3.63, 3.8) is 0 Å². The van der Waals surface area contributed by atoms with Gasteiger partial charge in [-0.05, 0) is 56.8 Å². The zero-order valence-electron chi connectivity index (χ0n) is 14.2. The number of thiazole rings is 1. The van der Waals surface area contributed by atoms with Crippen molar-refractivity contribution in [1.29, 1.82) is 0 Å². The molecule has 4 rings (SSSR count). The van der Waals surface area contributed by atoms with Crippen molar-refractivity contribution in [3.8, 4) is 0 Å². The number of carboxylic acids is 1. The van der Waals surface area contributed by atoms with E-state index >= 15 is 0 Å². The number of aliphatic carboxylic acids is 1. The smallest absolute Gasteiger partial charge is 0.321 e. The number of anilines is 1. The highest BCUT2D eigenvalue weighted by molar-refractivity contribution is 7.13. The Morgan fingerprint density at radius 1 is 1.12 bits per heavy atom. The van der Waals surface area contributed by atoms with E-state index in [2.05, 4.69) is 21.0 Å². The third-order valence-electron chi connectivity index (χ3n) is 6.27. The summed E-state index contributed by atoms with van der Waals surface area (Å²) in [6, 6.07) is -0.173. The molecule has 3 aliphatic carbocycles. The molecule has 3 unspecified atom stereocenters. The second kappa shape index (κ2) is 6.94. The average molecular weight is 363 g/mol. The van der Waals surface area contributed by atoms with Gasteiger partial charge in [0.2, 0.25) is 0 Å². The Balaban J connectivity index is 1.27. The third kappa shape index (κ3) is 3.66. The van der Waals surface area contributed by atoms with E-state index in [0.717, 1.165) is 30.4 Å². The van der Waals surface area contributed by atoms with Crippen LogP contribution in [0.5, 0.6) is 0 Å². The van der Waals surface area contributed by atoms with Gasteiger partial charge in [0.15, 0.2) is 5.13 Å². The van der Waals surface area contributed by atoms with Crippen LogP contribution < -0.4 is 10.6 Å². The van der Waals surface area contributed by atoms with Gasteiger partial charge in [0.1, 0.15) is 0 Å². The Bertz CT molecular complexity index is 654. The van der Waals surface area contributed by atoms with Gasteiger partial charge in [0.05, 0.1) is 11.6 Å². The Hall–Kier alpha value is -1.63. The first-order chi connectivity index (χ1) is 12.1. The molecule has 0 saturated heterocycles. The van der Waals surface area contributed by atoms with E-state index in [-0.39, 0.29) is 18.0 Å². The van der Waals surface area contributed by atoms with Crippen LogP contribution in [-0.4, -0.2) is 28.1 Å². The quantitative estimate of drug-likeness (QED) is 0.758. The summed E-state index contributed by atoms with van der Waals surface area (Å²) in [6.07, 6.45) is 8.02. The molecule has 1 aromatic rings. The second-order valence-electron chi connectivity index (χ2n) is 7.84. The van der Waals surface area contributed by atoms with Crippen molar-refractivity contribution in [3.05, 3.63) is 11.1 Å². The summed E-state index contributed by atoms with van der Waals surface area (Å²) in [7, 11) is 0. The molecule has 0 spiro atoms. The van der Waals surface area contributed by atoms with Crippen LogP contribution in [0.2, 0.25) is 0 Å². The lowest BCUT2D eigenvalue weighted by Gasteiger charge is -2.26. The number of carbonyl (C=O) groups excluding carboxylic acids is 1. The van der Waals surface area contributed by atoms with Gasteiger partial charge in [0.25, 0.3) is 0 Å². The summed E-state index contributed by atoms with van der Waals surface area (Å²) in [6.45, 7) is 0. The van der Waals surface area contributed by atoms with Gasteiger partial charge in [0, 0.05) is 17.3 Å². The maximum Gasteiger partial charge on any atom is 0.321 e. The molecular formula is C18H25N3O3S. The molecule has 2 amide bonds. The summed E-state index contributed by atoms with van der Waals surface area (Å²) in [5.74, 6) is 1.28. The summed E-state index contributed by atoms with van der Waals surface area (Å²) in [5.41, 5.74) is 1.15. The lowest BCUT2D eigenvalue weighted by molar-refractivity contribution is -0.142. The predicted octanol–water partition coefficient (Wildman–Crippen LogP) is 3.81. The lowest BCUT2D eigenvalue weighted by Crippen LogP contribution is -2.40. The molecule has 0 radical (unpaired) electrons. The predicted molar refractivity (Wildman–Crippen MR) is 95.8 cm³/mol. The minimum absolute atomic E-state index is 0.0561. The maximum absolute atomic E-state index is 12.2. The number of nitrogens with one attached hydrogen (secondary N) is 2. The van der Waals surface area contributed by atoms with Crippen LogP contribution in [0.25, 0.3) is 0 Å². The number of nitrogens with zero attached hydrogens (tertiary/aromatic N) is 1. The van der Waals surface area contributed by atoms with E-state index in [9.17, 15) is 9.59 Å². The Kier molecular flexibility index (Phi) is 4.67. The summed E-state index contributed by atoms with van der Waals surface area (Å²) >= 11 is 1.50. The summed E-state index contributed by atoms with van der Waals surface area (Å²) in [5, 5.41) is 17.6. The van der Waals surface area contributed by atoms with Gasteiger partial charge >= 0.3 is 12.0 Å². The molecule has 136 valence electrons. The van der Waals surface area contributed by atoms with E-state index in [1.807, 2.05) is 0 Å². The fourth-order valence-corrected chi connectivity index (χ4v) is 5.69. The van der Waals surface area contributed by atoms with E-state index in [1.165, 1.54) is 37.0 Å². The Labute approximate surface area is 151 Å². The number of carboxylic acid groups (broad SMARTS) is 1. The first-order valence-electron chi connectivity index (χ1n) is 9.34. The number of hydrogen-bond donors (Lipinski definition) is 3. The van der Waals surface area contributed by atoms with Crippen molar-refractivity contribution in [2.24, 2.45) is 17.8 Å². The first kappa shape index (κ1) is 16.8. The van der Waals surface area contributed by atoms with Gasteiger partial charge in [-0.25, -0.2) is 9.78 Å². The highest BCUT2D eigenvalue weighted by Gasteiger charge is 2.41. The zero-order valence-corrected chi connectivity index (χ0v) is 15.1. The Morgan fingerprint density at radius 2 is 1.92 bits per heavy atom. The molecule has 6 nitrogen and oxygen atoms in total. The molecule has 0 aromatic carbocycles. The van der Waals surface area contributed by atoms with Gasteiger partial charge in [-0.15, -0.1) is 11.3 Å². The van der Waals surface area contributed by atoms with Crippen LogP contribution in [0.1, 0.15) is 63.0 Å². The van der Waals surface area contributed by atoms with Crippen LogP contribution in [0.3, 0.4) is 0 Å². The van der Waals surface area contributed by atoms with Gasteiger partial charge < -0.3 is 10.4 Å². The largest absolute Gasteiger partial charge is 0.481 e. The van der Waals surface area contributed by atoms with Crippen LogP contribution in [0.4, 0.5) is 9.93 Å². The zero-order chi connectivity index (χ0) is 17.4. The topological polar surface area (TPSA) is 91.3 Å². The molecular weight excluding hydrogens is 338 g/mol. The number of rotatable bonds is 4. The Morgan fingerprint density at radius 3 is 2.56 bits per heavy atom. The van der Waals surface area contributed by atoms with Gasteiger partial charge in [-0.1, -0.05) is 6.42 Å². The molecule has 3 fully saturated rings. The number of fused-ring (bicyclic) bond motifs is 2. The van der Waals surface area contributed by atoms with Crippen molar-refractivity contribution < 1.29 is 14.7 Å². The monoisotopic (exact) mass is 363 g/mol. The second-order valence-corrected chi connectivity index (χ2v) is 8.70. The van der Waals surface area contributed by atoms with E-state index < -0.39 is 5.97 Å². The number of carbonyl (C=O) groups is 2. The first-order valence-corrected chi connectivity index (χ1v) is 10.2. The SMILES string of the molecule is O=C(Nc1nc(C2CC3CCC2C3)cs1)NC1CCC(C(=O)O)CC1. The molecule has 2 bridgehead atoms. The number of amides is 2. The molecule has 25 heavy (non-hydrogen) atoms. The lowest BCUT2D eigenvalue weighted by atomic mass is 9.86. The number of hydrogen-bond acceptors (Lipinski definition) is 4. The van der Waals surface area contributed by atoms with Crippen LogP contribution in [0.15, 0.2) is 5.38 Å². The number of aromatic nitrogens is 1. The molecule has 0 aliphatic heterocycles. The van der Waals surface area contributed by atoms with Crippen molar-refractivity contribution in [2.75, 3.05) is 5.32 Å². The highest BCUT2D eigenvalue weighted by Crippen LogP contribution is 2.52. The van der Waals surface area contributed by atoms with Gasteiger partial charge in [-0.3, -0.25) is 10.1 Å². The van der Waals surface area contributed by atoms with Gasteiger partial charge in [-0.2, -0.15) is 0 Å². The normalized spacial score (nSPS) is 34.0. The molecule has 1 aromatic heterocycles. The summed E-state index contributed by atoms with van der Waals surface area (Å²) in [4.78, 5) is 27.8. The molecule has 3 N–H and O–H groups in total. The fraction of sp³-hybridized carbons (Fsp3) is 0.722. The highest BCUT2D eigenvalue weighted by atomic mass is 32.1. The van der Waals surface area contributed by atoms with Crippen molar-refractivity contribution >= 4 is 28.5 Å². The van der Waals surface area contributed by atoms with Crippen LogP contribution >= 0.6 is 11.3 Å². The van der Waals surface area contributed by atoms with Crippen LogP contribution in [-0.2, 0) is 4.79 Å². The number of urea groups is 1. The molecule has 3 aliphatic rings. The summed E-state index contributed by atoms with van der Waals surface area (Å²) < 4.78 is 0. The third-order valence-corrected chi connectivity index (χ3v) is 7.05. The fourth-order valence-electron chi connectivity index (χ4n) is 4.92. The molecule has 3 atom stereocenters. The maximum atomic E-state index is 12.2.